The van der Waals surface area contributed by atoms with Gasteiger partial charge in [0, 0.05) is 24.2 Å². The molecule has 0 N–H and O–H groups in total. The molecule has 3 nitrogen and oxygen atoms in total. The average Bonchev–Trinajstić information content (AvgIpc) is 2.42. The van der Waals surface area contributed by atoms with Crippen LogP contribution in [0.2, 0.25) is 0 Å². The molecular formula is C14H19ClN2O. The maximum Gasteiger partial charge on any atom is 0.274 e. The third-order valence-corrected chi connectivity index (χ3v) is 3.57. The Morgan fingerprint density at radius 1 is 1.33 bits per heavy atom. The minimum Gasteiger partial charge on any atom is -0.267 e. The Hall–Kier alpha value is -1.09. The molecule has 2 rings (SSSR count). The second-order valence-corrected chi connectivity index (χ2v) is 5.02. The van der Waals surface area contributed by atoms with Gasteiger partial charge in [0.2, 0.25) is 0 Å². The molecule has 1 heterocycles. The fourth-order valence-electron chi connectivity index (χ4n) is 2.29. The van der Waals surface area contributed by atoms with Crippen LogP contribution in [0, 0.1) is 0 Å². The number of allylic oxidation sites excluding steroid dienone is 2. The Morgan fingerprint density at radius 2 is 2.22 bits per heavy atom. The van der Waals surface area contributed by atoms with Gasteiger partial charge in [0.1, 0.15) is 0 Å². The van der Waals surface area contributed by atoms with E-state index in [0.717, 1.165) is 31.2 Å². The van der Waals surface area contributed by atoms with Gasteiger partial charge in [-0.05, 0) is 50.2 Å². The molecule has 0 aliphatic heterocycles. The lowest BCUT2D eigenvalue weighted by Crippen LogP contribution is -2.25. The van der Waals surface area contributed by atoms with Crippen molar-refractivity contribution in [3.8, 4) is 0 Å². The Kier molecular flexibility index (Phi) is 5.00. The summed E-state index contributed by atoms with van der Waals surface area (Å²) in [5, 5.41) is 4.14. The highest BCUT2D eigenvalue weighted by Gasteiger charge is 2.11. The molecule has 1 aliphatic carbocycles. The highest BCUT2D eigenvalue weighted by atomic mass is 35.5. The molecular weight excluding hydrogens is 248 g/mol. The van der Waals surface area contributed by atoms with E-state index >= 15 is 0 Å². The molecule has 0 spiro atoms. The smallest absolute Gasteiger partial charge is 0.267 e. The Labute approximate surface area is 112 Å². The van der Waals surface area contributed by atoms with E-state index in [9.17, 15) is 4.79 Å². The molecule has 18 heavy (non-hydrogen) atoms. The van der Waals surface area contributed by atoms with Crippen LogP contribution >= 0.6 is 11.6 Å². The summed E-state index contributed by atoms with van der Waals surface area (Å²) in [6.07, 6.45) is 10.3. The lowest BCUT2D eigenvalue weighted by atomic mass is 9.95. The molecule has 1 aliphatic rings. The summed E-state index contributed by atoms with van der Waals surface area (Å²) in [6, 6.07) is 1.84. The van der Waals surface area contributed by atoms with Gasteiger partial charge < -0.3 is 0 Å². The van der Waals surface area contributed by atoms with E-state index in [2.05, 4.69) is 11.2 Å². The summed E-state index contributed by atoms with van der Waals surface area (Å²) in [4.78, 5) is 12.3. The van der Waals surface area contributed by atoms with Gasteiger partial charge in [0.15, 0.2) is 0 Å². The largest absolute Gasteiger partial charge is 0.274 e. The van der Waals surface area contributed by atoms with Crippen LogP contribution in [0.25, 0.3) is 5.57 Å². The molecule has 98 valence electrons. The number of halogens is 1. The van der Waals surface area contributed by atoms with Crippen molar-refractivity contribution in [2.24, 2.45) is 0 Å². The van der Waals surface area contributed by atoms with Crippen molar-refractivity contribution in [3.05, 3.63) is 34.3 Å². The lowest BCUT2D eigenvalue weighted by Gasteiger charge is -2.13. The molecule has 0 atom stereocenters. The van der Waals surface area contributed by atoms with Crippen LogP contribution in [0.5, 0.6) is 0 Å². The van der Waals surface area contributed by atoms with Crippen LogP contribution in [0.15, 0.2) is 23.1 Å². The van der Waals surface area contributed by atoms with Crippen molar-refractivity contribution in [2.75, 3.05) is 5.88 Å². The maximum atomic E-state index is 12.3. The second kappa shape index (κ2) is 6.74. The molecule has 0 saturated heterocycles. The Morgan fingerprint density at radius 3 is 2.94 bits per heavy atom. The van der Waals surface area contributed by atoms with Gasteiger partial charge in [-0.1, -0.05) is 6.08 Å². The number of rotatable bonds is 5. The van der Waals surface area contributed by atoms with E-state index < -0.39 is 0 Å². The quantitative estimate of drug-likeness (QED) is 0.606. The molecule has 0 unspecified atom stereocenters. The van der Waals surface area contributed by atoms with Crippen molar-refractivity contribution in [1.29, 1.82) is 0 Å². The van der Waals surface area contributed by atoms with Crippen LogP contribution in [0.3, 0.4) is 0 Å². The first kappa shape index (κ1) is 13.3. The van der Waals surface area contributed by atoms with Gasteiger partial charge in [-0.15, -0.1) is 11.6 Å². The van der Waals surface area contributed by atoms with Crippen molar-refractivity contribution < 1.29 is 0 Å². The van der Waals surface area contributed by atoms with Crippen LogP contribution < -0.4 is 5.56 Å². The normalized spacial score (nSPS) is 15.5. The molecule has 0 saturated carbocycles. The molecule has 0 aromatic carbocycles. The van der Waals surface area contributed by atoms with E-state index in [1.165, 1.54) is 18.4 Å². The zero-order valence-electron chi connectivity index (χ0n) is 10.6. The zero-order valence-corrected chi connectivity index (χ0v) is 11.3. The molecule has 0 amide bonds. The first-order valence-corrected chi connectivity index (χ1v) is 7.18. The summed E-state index contributed by atoms with van der Waals surface area (Å²) in [6.45, 7) is 0.659. The van der Waals surface area contributed by atoms with Crippen molar-refractivity contribution in [1.82, 2.24) is 9.78 Å². The first-order chi connectivity index (χ1) is 8.83. The molecule has 4 heteroatoms. The van der Waals surface area contributed by atoms with Crippen molar-refractivity contribution in [3.63, 3.8) is 0 Å². The number of nitrogens with zero attached hydrogens (tertiary/aromatic N) is 2. The van der Waals surface area contributed by atoms with E-state index in [0.29, 0.717) is 12.4 Å². The fraction of sp³-hybridized carbons (Fsp3) is 0.571. The second-order valence-electron chi connectivity index (χ2n) is 4.64. The highest BCUT2D eigenvalue weighted by Crippen LogP contribution is 2.24. The monoisotopic (exact) mass is 266 g/mol. The molecule has 0 radical (unpaired) electrons. The number of aryl methyl sites for hydroxylation is 1. The minimum absolute atomic E-state index is 0.0419. The van der Waals surface area contributed by atoms with Crippen LogP contribution in [-0.4, -0.2) is 15.7 Å². The minimum atomic E-state index is 0.0419. The van der Waals surface area contributed by atoms with Gasteiger partial charge in [-0.25, -0.2) is 4.68 Å². The predicted octanol–water partition coefficient (Wildman–Crippen LogP) is 3.22. The predicted molar refractivity (Wildman–Crippen MR) is 74.9 cm³/mol. The van der Waals surface area contributed by atoms with Crippen LogP contribution in [0.1, 0.15) is 44.1 Å². The number of hydrogen-bond donors (Lipinski definition) is 0. The summed E-state index contributed by atoms with van der Waals surface area (Å²) < 4.78 is 1.57. The first-order valence-electron chi connectivity index (χ1n) is 6.64. The topological polar surface area (TPSA) is 34.9 Å². The fourth-order valence-corrected chi connectivity index (χ4v) is 2.48. The van der Waals surface area contributed by atoms with Gasteiger partial charge in [0.05, 0.1) is 0 Å². The summed E-state index contributed by atoms with van der Waals surface area (Å²) >= 11 is 5.64. The van der Waals surface area contributed by atoms with Crippen LogP contribution in [-0.2, 0) is 6.54 Å². The van der Waals surface area contributed by atoms with E-state index in [-0.39, 0.29) is 5.56 Å². The van der Waals surface area contributed by atoms with Gasteiger partial charge in [0.25, 0.3) is 5.56 Å². The molecule has 0 fully saturated rings. The average molecular weight is 267 g/mol. The number of unbranched alkanes of at least 4 members (excludes halogenated alkanes) is 1. The highest BCUT2D eigenvalue weighted by molar-refractivity contribution is 6.17. The number of alkyl halides is 1. The van der Waals surface area contributed by atoms with Gasteiger partial charge in [-0.3, -0.25) is 4.79 Å². The molecule has 0 bridgehead atoms. The summed E-state index contributed by atoms with van der Waals surface area (Å²) in [7, 11) is 0. The standard InChI is InChI=1S/C14H19ClN2O/c15-9-4-5-11-17-14(18)13(8-10-16-17)12-6-2-1-3-7-12/h6,8,10H,1-5,7,9,11H2. The summed E-state index contributed by atoms with van der Waals surface area (Å²) in [5.74, 6) is 0.638. The van der Waals surface area contributed by atoms with Gasteiger partial charge in [-0.2, -0.15) is 5.10 Å². The van der Waals surface area contributed by atoms with E-state index in [1.54, 1.807) is 10.9 Å². The van der Waals surface area contributed by atoms with E-state index in [1.807, 2.05) is 6.07 Å². The molecule has 1 aromatic heterocycles. The zero-order chi connectivity index (χ0) is 12.8. The Balaban J connectivity index is 2.19. The van der Waals surface area contributed by atoms with Gasteiger partial charge >= 0.3 is 0 Å². The van der Waals surface area contributed by atoms with E-state index in [4.69, 9.17) is 11.6 Å². The Bertz CT molecular complexity index is 479. The van der Waals surface area contributed by atoms with Crippen molar-refractivity contribution >= 4 is 17.2 Å². The SMILES string of the molecule is O=c1c(C2=CCCCC2)ccnn1CCCCCl. The summed E-state index contributed by atoms with van der Waals surface area (Å²) in [5.41, 5.74) is 2.07. The number of hydrogen-bond acceptors (Lipinski definition) is 2. The third-order valence-electron chi connectivity index (χ3n) is 3.30. The molecule has 1 aromatic rings. The maximum absolute atomic E-state index is 12.3. The number of aromatic nitrogens is 2. The van der Waals surface area contributed by atoms with Crippen molar-refractivity contribution in [2.45, 2.75) is 45.1 Å². The third kappa shape index (κ3) is 3.22. The lowest BCUT2D eigenvalue weighted by molar-refractivity contribution is 0.542. The van der Waals surface area contributed by atoms with Crippen LogP contribution in [0.4, 0.5) is 0 Å².